The van der Waals surface area contributed by atoms with E-state index in [2.05, 4.69) is 52.4 Å². The highest BCUT2D eigenvalue weighted by Gasteiger charge is 2.32. The highest BCUT2D eigenvalue weighted by atomic mass is 79.9. The number of hydrogen-bond donors (Lipinski definition) is 1. The summed E-state index contributed by atoms with van der Waals surface area (Å²) < 4.78 is 0.989. The van der Waals surface area contributed by atoms with Crippen LogP contribution in [0.3, 0.4) is 0 Å². The Morgan fingerprint density at radius 3 is 2.30 bits per heavy atom. The van der Waals surface area contributed by atoms with Gasteiger partial charge in [0.25, 0.3) is 0 Å². The van der Waals surface area contributed by atoms with Crippen molar-refractivity contribution in [1.29, 1.82) is 0 Å². The molecule has 0 spiro atoms. The van der Waals surface area contributed by atoms with Gasteiger partial charge in [-0.25, -0.2) is 0 Å². The smallest absolute Gasteiger partial charge is 0.243 e. The van der Waals surface area contributed by atoms with E-state index in [1.165, 1.54) is 5.56 Å². The molecule has 1 saturated carbocycles. The van der Waals surface area contributed by atoms with E-state index in [9.17, 15) is 9.59 Å². The fourth-order valence-corrected chi connectivity index (χ4v) is 5.85. The summed E-state index contributed by atoms with van der Waals surface area (Å²) in [6, 6.07) is 26.0. The number of aryl methyl sites for hydroxylation is 1. The Morgan fingerprint density at radius 1 is 0.946 bits per heavy atom. The molecule has 6 heteroatoms. The van der Waals surface area contributed by atoms with E-state index < -0.39 is 6.04 Å². The van der Waals surface area contributed by atoms with Crippen LogP contribution in [-0.4, -0.2) is 34.6 Å². The minimum atomic E-state index is -0.566. The van der Waals surface area contributed by atoms with Crippen LogP contribution >= 0.6 is 27.7 Å². The Hall–Kier alpha value is -2.57. The van der Waals surface area contributed by atoms with Gasteiger partial charge in [-0.1, -0.05) is 88.9 Å². The SMILES string of the molecule is Cc1ccc(SCCC(=O)N(Cc2ccc(Br)cc2)[C@H](Cc2ccccc2)C(=O)NC2CCCC2)cc1. The van der Waals surface area contributed by atoms with Gasteiger partial charge in [0.05, 0.1) is 0 Å². The van der Waals surface area contributed by atoms with Crippen molar-refractivity contribution in [2.45, 2.75) is 69.0 Å². The van der Waals surface area contributed by atoms with Crippen molar-refractivity contribution in [3.05, 3.63) is 100 Å². The fraction of sp³-hybridized carbons (Fsp3) is 0.355. The first kappa shape index (κ1) is 27.5. The van der Waals surface area contributed by atoms with Crippen molar-refractivity contribution in [2.75, 3.05) is 5.75 Å². The molecule has 37 heavy (non-hydrogen) atoms. The lowest BCUT2D eigenvalue weighted by Crippen LogP contribution is -2.52. The zero-order valence-corrected chi connectivity index (χ0v) is 23.8. The number of carbonyl (C=O) groups excluding carboxylic acids is 2. The summed E-state index contributed by atoms with van der Waals surface area (Å²) in [4.78, 5) is 30.4. The summed E-state index contributed by atoms with van der Waals surface area (Å²) in [5.41, 5.74) is 3.28. The predicted octanol–water partition coefficient (Wildman–Crippen LogP) is 6.94. The van der Waals surface area contributed by atoms with Crippen molar-refractivity contribution in [2.24, 2.45) is 0 Å². The first-order valence-electron chi connectivity index (χ1n) is 13.1. The average Bonchev–Trinajstić information content (AvgIpc) is 3.42. The second kappa shape index (κ2) is 13.8. The second-order valence-corrected chi connectivity index (χ2v) is 11.8. The largest absolute Gasteiger partial charge is 0.352 e. The molecule has 0 unspecified atom stereocenters. The Kier molecular flexibility index (Phi) is 10.3. The van der Waals surface area contributed by atoms with Crippen molar-refractivity contribution in [1.82, 2.24) is 10.2 Å². The van der Waals surface area contributed by atoms with Crippen molar-refractivity contribution in [3.63, 3.8) is 0 Å². The van der Waals surface area contributed by atoms with Gasteiger partial charge in [-0.15, -0.1) is 11.8 Å². The van der Waals surface area contributed by atoms with Crippen LogP contribution in [0, 0.1) is 6.92 Å². The maximum absolute atomic E-state index is 13.8. The minimum absolute atomic E-state index is 0.00466. The molecule has 0 bridgehead atoms. The van der Waals surface area contributed by atoms with Gasteiger partial charge in [-0.3, -0.25) is 9.59 Å². The Bertz CT molecular complexity index is 1150. The minimum Gasteiger partial charge on any atom is -0.352 e. The topological polar surface area (TPSA) is 49.4 Å². The van der Waals surface area contributed by atoms with Gasteiger partial charge in [0, 0.05) is 40.5 Å². The van der Waals surface area contributed by atoms with Crippen molar-refractivity contribution < 1.29 is 9.59 Å². The third-order valence-corrected chi connectivity index (χ3v) is 8.39. The zero-order valence-electron chi connectivity index (χ0n) is 21.4. The summed E-state index contributed by atoms with van der Waals surface area (Å²) >= 11 is 5.18. The zero-order chi connectivity index (χ0) is 26.0. The number of hydrogen-bond acceptors (Lipinski definition) is 3. The van der Waals surface area contributed by atoms with Gasteiger partial charge in [0.15, 0.2) is 0 Å². The first-order chi connectivity index (χ1) is 18.0. The van der Waals surface area contributed by atoms with Gasteiger partial charge < -0.3 is 10.2 Å². The maximum atomic E-state index is 13.8. The number of thioether (sulfide) groups is 1. The van der Waals surface area contributed by atoms with E-state index in [0.717, 1.165) is 46.2 Å². The van der Waals surface area contributed by atoms with E-state index >= 15 is 0 Å². The lowest BCUT2D eigenvalue weighted by molar-refractivity contribution is -0.141. The van der Waals surface area contributed by atoms with E-state index in [1.54, 1.807) is 16.7 Å². The van der Waals surface area contributed by atoms with Crippen LogP contribution in [-0.2, 0) is 22.6 Å². The monoisotopic (exact) mass is 578 g/mol. The van der Waals surface area contributed by atoms with Gasteiger partial charge >= 0.3 is 0 Å². The molecular formula is C31H35BrN2O2S. The molecule has 0 heterocycles. The number of rotatable bonds is 11. The van der Waals surface area contributed by atoms with Crippen molar-refractivity contribution >= 4 is 39.5 Å². The molecule has 0 radical (unpaired) electrons. The maximum Gasteiger partial charge on any atom is 0.243 e. The summed E-state index contributed by atoms with van der Waals surface area (Å²) in [6.07, 6.45) is 5.18. The number of halogens is 1. The molecule has 3 aromatic carbocycles. The molecule has 1 N–H and O–H groups in total. The van der Waals surface area contributed by atoms with Gasteiger partial charge in [-0.05, 0) is 55.2 Å². The normalized spacial score (nSPS) is 14.3. The fourth-order valence-electron chi connectivity index (χ4n) is 4.74. The summed E-state index contributed by atoms with van der Waals surface area (Å²) in [6.45, 7) is 2.47. The van der Waals surface area contributed by atoms with E-state index in [1.807, 2.05) is 54.6 Å². The van der Waals surface area contributed by atoms with Crippen LogP contribution < -0.4 is 5.32 Å². The number of benzene rings is 3. The van der Waals surface area contributed by atoms with Crippen LogP contribution in [0.1, 0.15) is 48.8 Å². The van der Waals surface area contributed by atoms with Crippen LogP contribution in [0.15, 0.2) is 88.2 Å². The Labute approximate surface area is 233 Å². The number of amides is 2. The molecule has 1 fully saturated rings. The van der Waals surface area contributed by atoms with Gasteiger partial charge in [0.1, 0.15) is 6.04 Å². The predicted molar refractivity (Wildman–Crippen MR) is 156 cm³/mol. The van der Waals surface area contributed by atoms with E-state index in [-0.39, 0.29) is 17.9 Å². The van der Waals surface area contributed by atoms with E-state index in [0.29, 0.717) is 25.1 Å². The first-order valence-corrected chi connectivity index (χ1v) is 14.8. The lowest BCUT2D eigenvalue weighted by atomic mass is 10.0. The molecule has 0 aromatic heterocycles. The van der Waals surface area contributed by atoms with E-state index in [4.69, 9.17) is 0 Å². The number of carbonyl (C=O) groups is 2. The molecule has 194 valence electrons. The molecule has 0 saturated heterocycles. The third kappa shape index (κ3) is 8.47. The molecule has 1 aliphatic rings. The van der Waals surface area contributed by atoms with Gasteiger partial charge in [0.2, 0.25) is 11.8 Å². The lowest BCUT2D eigenvalue weighted by Gasteiger charge is -2.32. The molecule has 3 aromatic rings. The third-order valence-electron chi connectivity index (χ3n) is 6.84. The van der Waals surface area contributed by atoms with Crippen molar-refractivity contribution in [3.8, 4) is 0 Å². The summed E-state index contributed by atoms with van der Waals surface area (Å²) in [7, 11) is 0. The standard InChI is InChI=1S/C31H35BrN2O2S/c1-23-11-17-28(18-12-23)37-20-19-30(35)34(22-25-13-15-26(32)16-14-25)29(21-24-7-3-2-4-8-24)31(36)33-27-9-5-6-10-27/h2-4,7-8,11-18,27,29H,5-6,9-10,19-22H2,1H3,(H,33,36)/t29-/m1/s1. The molecular weight excluding hydrogens is 544 g/mol. The summed E-state index contributed by atoms with van der Waals surface area (Å²) in [5.74, 6) is 0.624. The highest BCUT2D eigenvalue weighted by Crippen LogP contribution is 2.23. The second-order valence-electron chi connectivity index (χ2n) is 9.76. The van der Waals surface area contributed by atoms with Crippen LogP contribution in [0.4, 0.5) is 0 Å². The molecule has 2 amide bonds. The van der Waals surface area contributed by atoms with Gasteiger partial charge in [-0.2, -0.15) is 0 Å². The highest BCUT2D eigenvalue weighted by molar-refractivity contribution is 9.10. The Morgan fingerprint density at radius 2 is 1.62 bits per heavy atom. The molecule has 4 rings (SSSR count). The van der Waals surface area contributed by atoms with Crippen LogP contribution in [0.5, 0.6) is 0 Å². The molecule has 1 aliphatic carbocycles. The quantitative estimate of drug-likeness (QED) is 0.251. The number of nitrogens with one attached hydrogen (secondary N) is 1. The number of nitrogens with zero attached hydrogens (tertiary/aromatic N) is 1. The molecule has 4 nitrogen and oxygen atoms in total. The average molecular weight is 580 g/mol. The molecule has 1 atom stereocenters. The van der Waals surface area contributed by atoms with Crippen LogP contribution in [0.25, 0.3) is 0 Å². The summed E-state index contributed by atoms with van der Waals surface area (Å²) in [5, 5.41) is 3.27. The molecule has 0 aliphatic heterocycles. The van der Waals surface area contributed by atoms with Crippen LogP contribution in [0.2, 0.25) is 0 Å². The Balaban J connectivity index is 1.55.